The average Bonchev–Trinajstić information content (AvgIpc) is 2.69. The van der Waals surface area contributed by atoms with E-state index in [9.17, 15) is 9.59 Å². The second-order valence-corrected chi connectivity index (χ2v) is 7.26. The van der Waals surface area contributed by atoms with Gasteiger partial charge in [0.2, 0.25) is 5.78 Å². The molecule has 0 fully saturated rings. The van der Waals surface area contributed by atoms with Gasteiger partial charge in [-0.2, -0.15) is 4.57 Å². The van der Waals surface area contributed by atoms with Crippen LogP contribution in [0.15, 0.2) is 83.2 Å². The number of carbonyl (C=O) groups is 2. The predicted molar refractivity (Wildman–Crippen MR) is 107 cm³/mol. The number of Topliss-reactive ketones (excluding diaryl/α,β-unsaturated/α-hetero) is 2. The molecule has 0 bridgehead atoms. The van der Waals surface area contributed by atoms with E-state index in [0.29, 0.717) is 16.8 Å². The van der Waals surface area contributed by atoms with Crippen LogP contribution < -0.4 is 33.9 Å². The Morgan fingerprint density at radius 1 is 0.821 bits per heavy atom. The van der Waals surface area contributed by atoms with Crippen molar-refractivity contribution in [2.75, 3.05) is 5.32 Å². The van der Waals surface area contributed by atoms with Crippen LogP contribution in [0.3, 0.4) is 0 Å². The maximum Gasteiger partial charge on any atom is 0.286 e. The van der Waals surface area contributed by atoms with Crippen molar-refractivity contribution in [3.05, 3.63) is 99.9 Å². The number of pyridine rings is 1. The SMILES string of the molecule is Cc1cc[n+](C2=C(Nc3ccc(Br)cc3)C(=O)c3ccccc3C2=O)cc1.[I-]. The van der Waals surface area contributed by atoms with Crippen LogP contribution in [0.1, 0.15) is 26.3 Å². The van der Waals surface area contributed by atoms with E-state index < -0.39 is 0 Å². The number of fused-ring (bicyclic) bond motifs is 1. The topological polar surface area (TPSA) is 50.1 Å². The molecular weight excluding hydrogens is 531 g/mol. The Kier molecular flexibility index (Phi) is 6.10. The third kappa shape index (κ3) is 3.79. The summed E-state index contributed by atoms with van der Waals surface area (Å²) in [7, 11) is 0. The standard InChI is InChI=1S/C22H15BrN2O2.HI/c1-14-10-12-25(13-11-14)20-19(24-16-8-6-15(23)7-9-16)21(26)17-4-2-3-5-18(17)22(20)27;/h2-13H,1H3;1H. The minimum atomic E-state index is -0.198. The lowest BCUT2D eigenvalue weighted by molar-refractivity contribution is -0.577. The number of aryl methyl sites for hydroxylation is 1. The van der Waals surface area contributed by atoms with Gasteiger partial charge in [0.15, 0.2) is 18.1 Å². The summed E-state index contributed by atoms with van der Waals surface area (Å²) >= 11 is 3.40. The maximum absolute atomic E-state index is 13.2. The number of nitrogens with zero attached hydrogens (tertiary/aromatic N) is 1. The van der Waals surface area contributed by atoms with Crippen molar-refractivity contribution >= 4 is 38.9 Å². The van der Waals surface area contributed by atoms with Crippen LogP contribution in [0.2, 0.25) is 0 Å². The lowest BCUT2D eigenvalue weighted by Gasteiger charge is -2.18. The van der Waals surface area contributed by atoms with Gasteiger partial charge in [0.25, 0.3) is 11.5 Å². The molecule has 140 valence electrons. The number of hydrogen-bond donors (Lipinski definition) is 1. The fraction of sp³-hybridized carbons (Fsp3) is 0.0455. The molecule has 1 heterocycles. The average molecular weight is 547 g/mol. The molecule has 0 radical (unpaired) electrons. The number of benzene rings is 2. The number of carbonyl (C=O) groups excluding carboxylic acids is 2. The van der Waals surface area contributed by atoms with Gasteiger partial charge in [-0.05, 0) is 36.8 Å². The number of ketones is 2. The summed E-state index contributed by atoms with van der Waals surface area (Å²) in [5, 5.41) is 3.16. The van der Waals surface area contributed by atoms with E-state index >= 15 is 0 Å². The van der Waals surface area contributed by atoms with Crippen molar-refractivity contribution in [3.8, 4) is 0 Å². The molecule has 0 spiro atoms. The summed E-state index contributed by atoms with van der Waals surface area (Å²) in [4.78, 5) is 26.4. The first-order valence-corrected chi connectivity index (χ1v) is 9.27. The Morgan fingerprint density at radius 2 is 1.39 bits per heavy atom. The van der Waals surface area contributed by atoms with Crippen molar-refractivity contribution in [2.24, 2.45) is 0 Å². The molecule has 0 saturated heterocycles. The number of hydrogen-bond acceptors (Lipinski definition) is 3. The molecule has 2 aromatic carbocycles. The molecule has 0 atom stereocenters. The molecule has 1 aliphatic rings. The van der Waals surface area contributed by atoms with Crippen LogP contribution in [-0.4, -0.2) is 11.6 Å². The normalized spacial score (nSPS) is 13.1. The summed E-state index contributed by atoms with van der Waals surface area (Å²) < 4.78 is 2.64. The summed E-state index contributed by atoms with van der Waals surface area (Å²) in [5.74, 6) is -0.380. The van der Waals surface area contributed by atoms with Crippen LogP contribution in [0.5, 0.6) is 0 Å². The summed E-state index contributed by atoms with van der Waals surface area (Å²) in [6, 6.07) is 18.2. The van der Waals surface area contributed by atoms with E-state index in [-0.39, 0.29) is 41.2 Å². The molecule has 1 aromatic heterocycles. The van der Waals surface area contributed by atoms with Crippen LogP contribution in [0, 0.1) is 6.92 Å². The van der Waals surface area contributed by atoms with Gasteiger partial charge in [-0.25, -0.2) is 0 Å². The van der Waals surface area contributed by atoms with Gasteiger partial charge in [0, 0.05) is 33.4 Å². The van der Waals surface area contributed by atoms with Crippen LogP contribution in [-0.2, 0) is 0 Å². The predicted octanol–water partition coefficient (Wildman–Crippen LogP) is 1.41. The van der Waals surface area contributed by atoms with Crippen LogP contribution in [0.4, 0.5) is 5.69 Å². The molecule has 28 heavy (non-hydrogen) atoms. The summed E-state index contributed by atoms with van der Waals surface area (Å²) in [6.07, 6.45) is 3.60. The molecule has 4 nitrogen and oxygen atoms in total. The fourth-order valence-electron chi connectivity index (χ4n) is 3.05. The van der Waals surface area contributed by atoms with E-state index in [2.05, 4.69) is 21.2 Å². The molecule has 1 N–H and O–H groups in total. The van der Waals surface area contributed by atoms with Gasteiger partial charge in [-0.15, -0.1) is 0 Å². The molecule has 0 unspecified atom stereocenters. The fourth-order valence-corrected chi connectivity index (χ4v) is 3.32. The third-order valence-electron chi connectivity index (χ3n) is 4.46. The van der Waals surface area contributed by atoms with Crippen molar-refractivity contribution < 1.29 is 38.1 Å². The van der Waals surface area contributed by atoms with Crippen LogP contribution in [0.25, 0.3) is 5.70 Å². The number of rotatable bonds is 3. The first-order valence-electron chi connectivity index (χ1n) is 8.48. The highest BCUT2D eigenvalue weighted by Gasteiger charge is 2.38. The Morgan fingerprint density at radius 3 is 2.00 bits per heavy atom. The van der Waals surface area contributed by atoms with Crippen molar-refractivity contribution in [2.45, 2.75) is 6.92 Å². The Bertz CT molecular complexity index is 1090. The van der Waals surface area contributed by atoms with Crippen LogP contribution >= 0.6 is 15.9 Å². The van der Waals surface area contributed by atoms with E-state index in [1.165, 1.54) is 0 Å². The first kappa shape index (κ1) is 20.4. The Labute approximate surface area is 188 Å². The molecule has 4 rings (SSSR count). The molecule has 0 amide bonds. The quantitative estimate of drug-likeness (QED) is 0.399. The van der Waals surface area contributed by atoms with Crippen molar-refractivity contribution in [3.63, 3.8) is 0 Å². The van der Waals surface area contributed by atoms with Gasteiger partial charge in [0.05, 0.1) is 0 Å². The van der Waals surface area contributed by atoms with E-state index in [1.807, 2.05) is 43.3 Å². The summed E-state index contributed by atoms with van der Waals surface area (Å²) in [5.41, 5.74) is 3.24. The first-order chi connectivity index (χ1) is 13.0. The lowest BCUT2D eigenvalue weighted by atomic mass is 9.90. The zero-order chi connectivity index (χ0) is 19.0. The molecule has 0 saturated carbocycles. The van der Waals surface area contributed by atoms with Gasteiger partial charge < -0.3 is 29.3 Å². The zero-order valence-corrected chi connectivity index (χ0v) is 18.7. The largest absolute Gasteiger partial charge is 1.00 e. The highest BCUT2D eigenvalue weighted by Crippen LogP contribution is 2.28. The third-order valence-corrected chi connectivity index (χ3v) is 4.99. The number of anilines is 1. The highest BCUT2D eigenvalue weighted by molar-refractivity contribution is 9.10. The molecular formula is C22H16BrIN2O2. The number of allylic oxidation sites excluding steroid dienone is 2. The second kappa shape index (κ2) is 8.36. The molecule has 6 heteroatoms. The van der Waals surface area contributed by atoms with E-state index in [1.54, 1.807) is 41.2 Å². The zero-order valence-electron chi connectivity index (χ0n) is 14.9. The second-order valence-electron chi connectivity index (χ2n) is 6.34. The Hall–Kier alpha value is -2.32. The lowest BCUT2D eigenvalue weighted by Crippen LogP contribution is -3.00. The number of halogens is 2. The highest BCUT2D eigenvalue weighted by atomic mass is 127. The van der Waals surface area contributed by atoms with E-state index in [0.717, 1.165) is 15.7 Å². The minimum absolute atomic E-state index is 0. The van der Waals surface area contributed by atoms with E-state index in [4.69, 9.17) is 0 Å². The number of nitrogens with one attached hydrogen (secondary N) is 1. The summed E-state index contributed by atoms with van der Waals surface area (Å²) in [6.45, 7) is 1.98. The van der Waals surface area contributed by atoms with Gasteiger partial charge >= 0.3 is 0 Å². The maximum atomic E-state index is 13.2. The molecule has 3 aromatic rings. The molecule has 1 aliphatic carbocycles. The van der Waals surface area contributed by atoms with Crippen molar-refractivity contribution in [1.29, 1.82) is 0 Å². The molecule has 0 aliphatic heterocycles. The van der Waals surface area contributed by atoms with Gasteiger partial charge in [-0.1, -0.05) is 40.2 Å². The monoisotopic (exact) mass is 546 g/mol. The van der Waals surface area contributed by atoms with Crippen molar-refractivity contribution in [1.82, 2.24) is 0 Å². The van der Waals surface area contributed by atoms with Gasteiger partial charge in [0.1, 0.15) is 0 Å². The van der Waals surface area contributed by atoms with Gasteiger partial charge in [-0.3, -0.25) is 9.59 Å². The smallest absolute Gasteiger partial charge is 0.286 e. The Balaban J connectivity index is 0.00000225. The minimum Gasteiger partial charge on any atom is -1.00 e. The number of aromatic nitrogens is 1.